The molecule has 176 valence electrons. The van der Waals surface area contributed by atoms with Crippen molar-refractivity contribution in [1.29, 1.82) is 0 Å². The van der Waals surface area contributed by atoms with Crippen molar-refractivity contribution in [3.8, 4) is 0 Å². The Morgan fingerprint density at radius 2 is 2.00 bits per heavy atom. The highest BCUT2D eigenvalue weighted by Gasteiger charge is 2.47. The number of aliphatic hydroxyl groups excluding tert-OH is 3. The van der Waals surface area contributed by atoms with E-state index in [4.69, 9.17) is 4.74 Å². The molecular formula is C20H35N5O5S. The van der Waals surface area contributed by atoms with E-state index in [9.17, 15) is 20.1 Å². The summed E-state index contributed by atoms with van der Waals surface area (Å²) in [6.45, 7) is 6.06. The second-order valence-electron chi connectivity index (χ2n) is 8.67. The van der Waals surface area contributed by atoms with Crippen molar-refractivity contribution >= 4 is 17.7 Å². The molecule has 0 spiro atoms. The second-order valence-corrected chi connectivity index (χ2v) is 9.60. The van der Waals surface area contributed by atoms with Crippen LogP contribution in [0.2, 0.25) is 0 Å². The zero-order valence-electron chi connectivity index (χ0n) is 18.4. The predicted octanol–water partition coefficient (Wildman–Crippen LogP) is -0.556. The predicted molar refractivity (Wildman–Crippen MR) is 116 cm³/mol. The van der Waals surface area contributed by atoms with Crippen LogP contribution < -0.4 is 5.32 Å². The highest BCUT2D eigenvalue weighted by atomic mass is 32.2. The van der Waals surface area contributed by atoms with Crippen LogP contribution in [0.4, 0.5) is 0 Å². The van der Waals surface area contributed by atoms with Gasteiger partial charge >= 0.3 is 0 Å². The van der Waals surface area contributed by atoms with Gasteiger partial charge in [0, 0.05) is 12.7 Å². The van der Waals surface area contributed by atoms with Gasteiger partial charge in [-0.05, 0) is 31.6 Å². The lowest BCUT2D eigenvalue weighted by Crippen LogP contribution is -2.65. The zero-order valence-corrected chi connectivity index (χ0v) is 19.2. The molecule has 0 aliphatic carbocycles. The summed E-state index contributed by atoms with van der Waals surface area (Å²) in [6.07, 6.45) is 3.37. The van der Waals surface area contributed by atoms with Gasteiger partial charge in [-0.2, -0.15) is 0 Å². The number of nitrogens with zero attached hydrogens (tertiary/aromatic N) is 4. The fourth-order valence-electron chi connectivity index (χ4n) is 4.39. The molecule has 7 atom stereocenters. The van der Waals surface area contributed by atoms with Crippen LogP contribution in [0.3, 0.4) is 0 Å². The average molecular weight is 458 g/mol. The highest BCUT2D eigenvalue weighted by Crippen LogP contribution is 2.30. The highest BCUT2D eigenvalue weighted by molar-refractivity contribution is 7.99. The quantitative estimate of drug-likeness (QED) is 0.405. The molecule has 10 nitrogen and oxygen atoms in total. The van der Waals surface area contributed by atoms with Gasteiger partial charge in [0.2, 0.25) is 5.91 Å². The lowest BCUT2D eigenvalue weighted by molar-refractivity contribution is -0.208. The van der Waals surface area contributed by atoms with Crippen molar-refractivity contribution in [3.05, 3.63) is 12.4 Å². The Labute approximate surface area is 187 Å². The molecule has 2 aliphatic rings. The lowest BCUT2D eigenvalue weighted by Gasteiger charge is -2.45. The third kappa shape index (κ3) is 5.77. The average Bonchev–Trinajstić information content (AvgIpc) is 3.28. The van der Waals surface area contributed by atoms with Crippen LogP contribution in [-0.4, -0.2) is 102 Å². The number of likely N-dealkylation sites (tertiary alicyclic amines) is 1. The van der Waals surface area contributed by atoms with Crippen molar-refractivity contribution in [2.75, 3.05) is 19.3 Å². The number of aromatic nitrogens is 3. The number of aliphatic hydroxyl groups is 3. The third-order valence-corrected chi connectivity index (χ3v) is 7.08. The zero-order chi connectivity index (χ0) is 22.5. The molecule has 0 saturated carbocycles. The monoisotopic (exact) mass is 457 g/mol. The molecule has 31 heavy (non-hydrogen) atoms. The maximum atomic E-state index is 13.3. The normalized spacial score (nSPS) is 33.4. The van der Waals surface area contributed by atoms with Gasteiger partial charge in [-0.1, -0.05) is 25.5 Å². The van der Waals surface area contributed by atoms with Crippen molar-refractivity contribution < 1.29 is 24.9 Å². The van der Waals surface area contributed by atoms with E-state index >= 15 is 0 Å². The molecule has 0 radical (unpaired) electrons. The maximum absolute atomic E-state index is 13.3. The van der Waals surface area contributed by atoms with Crippen LogP contribution in [0.15, 0.2) is 12.4 Å². The standard InChI is InChI=1S/C20H35N5O5S/c1-12(2)14(18-16(27)15(26)17(28)20(30-18)31-3)22-19(29)13-6-4-5-8-24(13)10-11-25-9-7-21-23-25/h7,9,12-18,20,26-28H,4-6,8,10-11H2,1-3H3,(H,22,29). The first-order chi connectivity index (χ1) is 14.8. The van der Waals surface area contributed by atoms with Crippen LogP contribution in [0.5, 0.6) is 0 Å². The van der Waals surface area contributed by atoms with Crippen LogP contribution in [-0.2, 0) is 16.1 Å². The smallest absolute Gasteiger partial charge is 0.237 e. The first-order valence-electron chi connectivity index (χ1n) is 10.9. The largest absolute Gasteiger partial charge is 0.388 e. The fraction of sp³-hybridized carbons (Fsp3) is 0.850. The maximum Gasteiger partial charge on any atom is 0.237 e. The number of carbonyl (C=O) groups is 1. The molecule has 1 amide bonds. The summed E-state index contributed by atoms with van der Waals surface area (Å²) >= 11 is 1.27. The van der Waals surface area contributed by atoms with Crippen LogP contribution in [0.1, 0.15) is 33.1 Å². The summed E-state index contributed by atoms with van der Waals surface area (Å²) in [6, 6.07) is -0.774. The Balaban J connectivity index is 1.68. The van der Waals surface area contributed by atoms with Gasteiger partial charge in [0.1, 0.15) is 29.9 Å². The Morgan fingerprint density at radius 3 is 2.65 bits per heavy atom. The van der Waals surface area contributed by atoms with Crippen molar-refractivity contribution in [2.45, 2.75) is 81.6 Å². The van der Waals surface area contributed by atoms with Gasteiger partial charge in [0.05, 0.1) is 24.8 Å². The van der Waals surface area contributed by atoms with E-state index < -0.39 is 35.9 Å². The second kappa shape index (κ2) is 11.1. The number of carbonyl (C=O) groups excluding carboxylic acids is 1. The molecular weight excluding hydrogens is 422 g/mol. The number of ether oxygens (including phenoxy) is 1. The Bertz CT molecular complexity index is 692. The summed E-state index contributed by atoms with van der Waals surface area (Å²) in [5.41, 5.74) is -0.671. The van der Waals surface area contributed by atoms with Gasteiger partial charge < -0.3 is 25.4 Å². The number of hydrogen-bond donors (Lipinski definition) is 4. The Kier molecular flexibility index (Phi) is 8.71. The van der Waals surface area contributed by atoms with Gasteiger partial charge in [-0.15, -0.1) is 16.9 Å². The molecule has 0 aromatic carbocycles. The molecule has 7 unspecified atom stereocenters. The summed E-state index contributed by atoms with van der Waals surface area (Å²) in [5.74, 6) is -0.144. The third-order valence-electron chi connectivity index (χ3n) is 6.22. The first kappa shape index (κ1) is 24.4. The molecule has 0 bridgehead atoms. The molecule has 2 saturated heterocycles. The molecule has 3 rings (SSSR count). The van der Waals surface area contributed by atoms with Gasteiger partial charge in [-0.3, -0.25) is 14.4 Å². The molecule has 3 heterocycles. The topological polar surface area (TPSA) is 133 Å². The number of rotatable bonds is 8. The summed E-state index contributed by atoms with van der Waals surface area (Å²) < 4.78 is 7.67. The number of nitrogens with one attached hydrogen (secondary N) is 1. The van der Waals surface area contributed by atoms with E-state index in [-0.39, 0.29) is 17.9 Å². The minimum atomic E-state index is -1.33. The number of amides is 1. The Morgan fingerprint density at radius 1 is 1.23 bits per heavy atom. The number of hydrogen-bond acceptors (Lipinski definition) is 9. The van der Waals surface area contributed by atoms with Crippen molar-refractivity contribution in [1.82, 2.24) is 25.2 Å². The van der Waals surface area contributed by atoms with E-state index in [0.717, 1.165) is 25.8 Å². The molecule has 1 aromatic rings. The summed E-state index contributed by atoms with van der Waals surface area (Å²) in [5, 5.41) is 41.9. The molecule has 1 aromatic heterocycles. The van der Waals surface area contributed by atoms with Crippen LogP contribution in [0.25, 0.3) is 0 Å². The summed E-state index contributed by atoms with van der Waals surface area (Å²) in [7, 11) is 0. The number of thioether (sulfide) groups is 1. The van der Waals surface area contributed by atoms with E-state index in [1.807, 2.05) is 13.8 Å². The minimum absolute atomic E-state index is 0.0410. The minimum Gasteiger partial charge on any atom is -0.388 e. The Hall–Kier alpha value is -1.24. The fourth-order valence-corrected chi connectivity index (χ4v) is 5.07. The van der Waals surface area contributed by atoms with Crippen molar-refractivity contribution in [2.24, 2.45) is 5.92 Å². The van der Waals surface area contributed by atoms with E-state index in [1.165, 1.54) is 11.8 Å². The molecule has 4 N–H and O–H groups in total. The van der Waals surface area contributed by atoms with E-state index in [0.29, 0.717) is 13.1 Å². The SMILES string of the molecule is CSC1OC(C(NC(=O)C2CCCCN2CCn2ccnn2)C(C)C)C(O)C(O)C1O. The van der Waals surface area contributed by atoms with Crippen LogP contribution >= 0.6 is 11.8 Å². The number of piperidine rings is 1. The van der Waals surface area contributed by atoms with Crippen molar-refractivity contribution in [3.63, 3.8) is 0 Å². The lowest BCUT2D eigenvalue weighted by atomic mass is 9.88. The first-order valence-corrected chi connectivity index (χ1v) is 12.2. The molecule has 2 aliphatic heterocycles. The molecule has 11 heteroatoms. The van der Waals surface area contributed by atoms with Gasteiger partial charge in [0.15, 0.2) is 0 Å². The van der Waals surface area contributed by atoms with E-state index in [1.54, 1.807) is 23.3 Å². The van der Waals surface area contributed by atoms with Gasteiger partial charge in [-0.25, -0.2) is 0 Å². The molecule has 2 fully saturated rings. The summed E-state index contributed by atoms with van der Waals surface area (Å²) in [4.78, 5) is 15.5. The van der Waals surface area contributed by atoms with Crippen LogP contribution in [0, 0.1) is 5.92 Å². The van der Waals surface area contributed by atoms with Gasteiger partial charge in [0.25, 0.3) is 0 Å². The van der Waals surface area contributed by atoms with E-state index in [2.05, 4.69) is 20.5 Å².